The lowest BCUT2D eigenvalue weighted by Crippen LogP contribution is -2.59. The van der Waals surface area contributed by atoms with Gasteiger partial charge in [0.25, 0.3) is 0 Å². The van der Waals surface area contributed by atoms with Crippen molar-refractivity contribution in [2.45, 2.75) is 77.5 Å². The van der Waals surface area contributed by atoms with E-state index in [0.717, 1.165) is 0 Å². The van der Waals surface area contributed by atoms with Gasteiger partial charge >= 0.3 is 5.97 Å². The minimum absolute atomic E-state index is 0.0615. The van der Waals surface area contributed by atoms with Gasteiger partial charge in [-0.3, -0.25) is 14.4 Å². The van der Waals surface area contributed by atoms with Crippen LogP contribution in [0.4, 0.5) is 0 Å². The number of phenols is 1. The van der Waals surface area contributed by atoms with Gasteiger partial charge in [0.2, 0.25) is 17.7 Å². The zero-order valence-corrected chi connectivity index (χ0v) is 20.9. The summed E-state index contributed by atoms with van der Waals surface area (Å²) in [6, 6.07) is 2.51. The van der Waals surface area contributed by atoms with Crippen molar-refractivity contribution in [1.29, 1.82) is 0 Å². The van der Waals surface area contributed by atoms with Crippen LogP contribution in [0.15, 0.2) is 24.3 Å². The molecule has 10 heteroatoms. The number of carbonyl (C=O) groups excluding carboxylic acids is 3. The summed E-state index contributed by atoms with van der Waals surface area (Å²) in [7, 11) is 0. The number of carboxylic acid groups (broad SMARTS) is 1. The Morgan fingerprint density at radius 1 is 1.09 bits per heavy atom. The van der Waals surface area contributed by atoms with E-state index in [4.69, 9.17) is 5.73 Å². The van der Waals surface area contributed by atoms with Crippen molar-refractivity contribution in [3.63, 3.8) is 0 Å². The van der Waals surface area contributed by atoms with E-state index in [2.05, 4.69) is 10.6 Å². The van der Waals surface area contributed by atoms with E-state index in [0.29, 0.717) is 24.8 Å². The molecule has 1 aliphatic heterocycles. The van der Waals surface area contributed by atoms with Gasteiger partial charge in [-0.2, -0.15) is 0 Å². The fourth-order valence-electron chi connectivity index (χ4n) is 4.11. The largest absolute Gasteiger partial charge is 0.508 e. The molecule has 0 spiro atoms. The number of phenolic OH excluding ortho intramolecular Hbond substituents is 1. The minimum atomic E-state index is -1.09. The van der Waals surface area contributed by atoms with Gasteiger partial charge in [-0.25, -0.2) is 4.79 Å². The molecule has 6 N–H and O–H groups in total. The fraction of sp³-hybridized carbons (Fsp3) is 0.600. The third kappa shape index (κ3) is 7.42. The van der Waals surface area contributed by atoms with Crippen LogP contribution in [0.5, 0.6) is 5.75 Å². The molecule has 2 rings (SSSR count). The van der Waals surface area contributed by atoms with Crippen LogP contribution >= 0.6 is 0 Å². The molecular weight excluding hydrogens is 452 g/mol. The number of aromatic hydroxyl groups is 1. The van der Waals surface area contributed by atoms with Crippen molar-refractivity contribution >= 4 is 23.7 Å². The first-order chi connectivity index (χ1) is 16.5. The maximum Gasteiger partial charge on any atom is 0.326 e. The monoisotopic (exact) mass is 490 g/mol. The molecule has 3 amide bonds. The van der Waals surface area contributed by atoms with Crippen LogP contribution < -0.4 is 16.4 Å². The lowest BCUT2D eigenvalue weighted by atomic mass is 9.97. The Hall–Kier alpha value is -3.14. The number of aliphatic carboxylic acids is 1. The number of carboxylic acids is 1. The van der Waals surface area contributed by atoms with Gasteiger partial charge < -0.3 is 31.5 Å². The molecule has 1 aliphatic rings. The highest BCUT2D eigenvalue weighted by Gasteiger charge is 2.39. The van der Waals surface area contributed by atoms with Gasteiger partial charge in [-0.15, -0.1) is 0 Å². The van der Waals surface area contributed by atoms with Crippen LogP contribution in [0, 0.1) is 11.8 Å². The Morgan fingerprint density at radius 3 is 2.26 bits per heavy atom. The van der Waals surface area contributed by atoms with Gasteiger partial charge in [-0.05, 0) is 42.4 Å². The Balaban J connectivity index is 2.26. The molecule has 0 saturated carbocycles. The number of nitrogens with two attached hydrogens (primary N) is 1. The summed E-state index contributed by atoms with van der Waals surface area (Å²) >= 11 is 0. The Morgan fingerprint density at radius 2 is 1.71 bits per heavy atom. The SMILES string of the molecule is CCC(C)C(N)C(=O)NC(C(=O)NC(Cc1ccc(O)cc1)C(=O)N1CCCC1C(=O)O)C(C)C. The zero-order valence-electron chi connectivity index (χ0n) is 20.9. The molecule has 1 aromatic rings. The summed E-state index contributed by atoms with van der Waals surface area (Å²) in [5, 5.41) is 24.6. The van der Waals surface area contributed by atoms with E-state index in [9.17, 15) is 29.4 Å². The van der Waals surface area contributed by atoms with E-state index >= 15 is 0 Å². The Kier molecular flexibility index (Phi) is 10.1. The van der Waals surface area contributed by atoms with Crippen LogP contribution in [-0.4, -0.2) is 69.5 Å². The predicted molar refractivity (Wildman–Crippen MR) is 130 cm³/mol. The molecule has 194 valence electrons. The third-order valence-electron chi connectivity index (χ3n) is 6.62. The standard InChI is InChI=1S/C25H38N4O6/c1-5-15(4)20(26)22(31)28-21(14(2)3)23(32)27-18(13-16-8-10-17(30)11-9-16)24(33)29-12-6-7-19(29)25(34)35/h8-11,14-15,18-21,30H,5-7,12-13,26H2,1-4H3,(H,27,32)(H,28,31)(H,34,35). The minimum Gasteiger partial charge on any atom is -0.508 e. The lowest BCUT2D eigenvalue weighted by Gasteiger charge is -2.30. The zero-order chi connectivity index (χ0) is 26.3. The molecule has 5 atom stereocenters. The summed E-state index contributed by atoms with van der Waals surface area (Å²) < 4.78 is 0. The number of amides is 3. The topological polar surface area (TPSA) is 162 Å². The number of rotatable bonds is 11. The van der Waals surface area contributed by atoms with Crippen molar-refractivity contribution < 1.29 is 29.4 Å². The van der Waals surface area contributed by atoms with E-state index in [-0.39, 0.29) is 30.6 Å². The van der Waals surface area contributed by atoms with Gasteiger partial charge in [-0.1, -0.05) is 46.2 Å². The van der Waals surface area contributed by atoms with E-state index in [1.54, 1.807) is 26.0 Å². The van der Waals surface area contributed by atoms with Gasteiger partial charge in [0.05, 0.1) is 6.04 Å². The van der Waals surface area contributed by atoms with Crippen LogP contribution in [0.2, 0.25) is 0 Å². The number of likely N-dealkylation sites (tertiary alicyclic amines) is 1. The molecule has 0 aliphatic carbocycles. The molecule has 0 aromatic heterocycles. The molecule has 0 bridgehead atoms. The highest BCUT2D eigenvalue weighted by Crippen LogP contribution is 2.20. The van der Waals surface area contributed by atoms with Crippen molar-refractivity contribution in [3.8, 4) is 5.75 Å². The van der Waals surface area contributed by atoms with Crippen LogP contribution in [0.25, 0.3) is 0 Å². The maximum absolute atomic E-state index is 13.4. The number of hydrogen-bond donors (Lipinski definition) is 5. The first-order valence-electron chi connectivity index (χ1n) is 12.1. The maximum atomic E-state index is 13.4. The molecule has 1 fully saturated rings. The number of benzene rings is 1. The lowest BCUT2D eigenvalue weighted by molar-refractivity contribution is -0.149. The second-order valence-electron chi connectivity index (χ2n) is 9.60. The second-order valence-corrected chi connectivity index (χ2v) is 9.60. The first kappa shape index (κ1) is 28.1. The van der Waals surface area contributed by atoms with Crippen molar-refractivity contribution in [2.24, 2.45) is 17.6 Å². The number of nitrogens with one attached hydrogen (secondary N) is 2. The molecule has 1 saturated heterocycles. The summed E-state index contributed by atoms with van der Waals surface area (Å²) in [4.78, 5) is 52.3. The quantitative estimate of drug-likeness (QED) is 0.309. The molecule has 5 unspecified atom stereocenters. The fourth-order valence-corrected chi connectivity index (χ4v) is 4.11. The number of hydrogen-bond acceptors (Lipinski definition) is 6. The summed E-state index contributed by atoms with van der Waals surface area (Å²) in [6.07, 6.45) is 1.70. The highest BCUT2D eigenvalue weighted by molar-refractivity contribution is 5.94. The Bertz CT molecular complexity index is 904. The Labute approximate surface area is 206 Å². The van der Waals surface area contributed by atoms with Crippen molar-refractivity contribution in [3.05, 3.63) is 29.8 Å². The third-order valence-corrected chi connectivity index (χ3v) is 6.62. The molecule has 1 aromatic carbocycles. The normalized spacial score (nSPS) is 19.0. The molecular formula is C25H38N4O6. The first-order valence-corrected chi connectivity index (χ1v) is 12.1. The smallest absolute Gasteiger partial charge is 0.326 e. The van der Waals surface area contributed by atoms with Gasteiger partial charge in [0.15, 0.2) is 0 Å². The van der Waals surface area contributed by atoms with Crippen LogP contribution in [-0.2, 0) is 25.6 Å². The summed E-state index contributed by atoms with van der Waals surface area (Å²) in [5.74, 6) is -2.87. The highest BCUT2D eigenvalue weighted by atomic mass is 16.4. The summed E-state index contributed by atoms with van der Waals surface area (Å²) in [6.45, 7) is 7.61. The number of nitrogens with zero attached hydrogens (tertiary/aromatic N) is 1. The average molecular weight is 491 g/mol. The van der Waals surface area contributed by atoms with Crippen LogP contribution in [0.3, 0.4) is 0 Å². The number of carbonyl (C=O) groups is 4. The average Bonchev–Trinajstić information content (AvgIpc) is 3.31. The van der Waals surface area contributed by atoms with E-state index < -0.39 is 47.9 Å². The summed E-state index contributed by atoms with van der Waals surface area (Å²) in [5.41, 5.74) is 6.71. The van der Waals surface area contributed by atoms with Gasteiger partial charge in [0, 0.05) is 13.0 Å². The second kappa shape index (κ2) is 12.5. The molecule has 1 heterocycles. The van der Waals surface area contributed by atoms with E-state index in [1.807, 2.05) is 13.8 Å². The molecule has 35 heavy (non-hydrogen) atoms. The van der Waals surface area contributed by atoms with E-state index in [1.165, 1.54) is 17.0 Å². The van der Waals surface area contributed by atoms with Crippen molar-refractivity contribution in [2.75, 3.05) is 6.54 Å². The molecule has 10 nitrogen and oxygen atoms in total. The van der Waals surface area contributed by atoms with Gasteiger partial charge in [0.1, 0.15) is 23.9 Å². The predicted octanol–water partition coefficient (Wildman–Crippen LogP) is 1.01. The van der Waals surface area contributed by atoms with Crippen LogP contribution in [0.1, 0.15) is 52.5 Å². The van der Waals surface area contributed by atoms with Crippen molar-refractivity contribution in [1.82, 2.24) is 15.5 Å². The molecule has 0 radical (unpaired) electrons.